The first-order chi connectivity index (χ1) is 9.60. The number of hydrogen-bond donors (Lipinski definition) is 2. The van der Waals surface area contributed by atoms with Crippen LogP contribution in [0.3, 0.4) is 0 Å². The average Bonchev–Trinajstić information content (AvgIpc) is 2.47. The molecule has 1 fully saturated rings. The molecule has 0 saturated carbocycles. The van der Waals surface area contributed by atoms with Crippen LogP contribution < -0.4 is 11.1 Å². The van der Waals surface area contributed by atoms with Gasteiger partial charge in [-0.25, -0.2) is 0 Å². The van der Waals surface area contributed by atoms with Crippen LogP contribution in [0.2, 0.25) is 0 Å². The molecule has 0 aromatic heterocycles. The zero-order valence-electron chi connectivity index (χ0n) is 12.2. The molecule has 5 heteroatoms. The molecule has 0 aromatic rings. The van der Waals surface area contributed by atoms with E-state index in [2.05, 4.69) is 18.2 Å². The third kappa shape index (κ3) is 4.86. The number of nitrogens with two attached hydrogens (primary N) is 1. The maximum absolute atomic E-state index is 12.0. The van der Waals surface area contributed by atoms with E-state index in [0.717, 1.165) is 19.4 Å². The van der Waals surface area contributed by atoms with Gasteiger partial charge in [0, 0.05) is 32.0 Å². The number of terminal acetylenes is 1. The zero-order chi connectivity index (χ0) is 15.0. The highest BCUT2D eigenvalue weighted by atomic mass is 16.2. The minimum absolute atomic E-state index is 0.0137. The Kier molecular flexibility index (Phi) is 7.10. The molecule has 1 saturated heterocycles. The fourth-order valence-electron chi connectivity index (χ4n) is 2.34. The van der Waals surface area contributed by atoms with E-state index in [9.17, 15) is 9.59 Å². The van der Waals surface area contributed by atoms with E-state index in [4.69, 9.17) is 12.2 Å². The lowest BCUT2D eigenvalue weighted by Crippen LogP contribution is -2.48. The largest absolute Gasteiger partial charge is 0.356 e. The van der Waals surface area contributed by atoms with Crippen LogP contribution in [0.5, 0.6) is 0 Å². The zero-order valence-corrected chi connectivity index (χ0v) is 12.2. The number of nitrogens with one attached hydrogen (secondary N) is 1. The number of hydrogen-bond acceptors (Lipinski definition) is 3. The summed E-state index contributed by atoms with van der Waals surface area (Å²) < 4.78 is 0. The highest BCUT2D eigenvalue weighted by Gasteiger charge is 2.28. The first kappa shape index (κ1) is 16.5. The summed E-state index contributed by atoms with van der Waals surface area (Å²) >= 11 is 0. The molecule has 0 bridgehead atoms. The SMILES string of the molecule is C#CCC(N)C(=O)N1CCC(C(=O)NCCCC)CC1. The fourth-order valence-corrected chi connectivity index (χ4v) is 2.34. The van der Waals surface area contributed by atoms with Crippen LogP contribution in [-0.2, 0) is 9.59 Å². The van der Waals surface area contributed by atoms with Crippen LogP contribution in [-0.4, -0.2) is 42.4 Å². The van der Waals surface area contributed by atoms with Gasteiger partial charge in [0.25, 0.3) is 0 Å². The lowest BCUT2D eigenvalue weighted by molar-refractivity contribution is -0.136. The van der Waals surface area contributed by atoms with Crippen molar-refractivity contribution in [2.24, 2.45) is 11.7 Å². The van der Waals surface area contributed by atoms with Crippen molar-refractivity contribution in [3.05, 3.63) is 0 Å². The number of amides is 2. The van der Waals surface area contributed by atoms with E-state index in [1.807, 2.05) is 0 Å². The predicted molar refractivity (Wildman–Crippen MR) is 78.6 cm³/mol. The van der Waals surface area contributed by atoms with Crippen molar-refractivity contribution in [1.29, 1.82) is 0 Å². The second kappa shape index (κ2) is 8.60. The van der Waals surface area contributed by atoms with E-state index in [1.165, 1.54) is 0 Å². The first-order valence-electron chi connectivity index (χ1n) is 7.35. The molecular weight excluding hydrogens is 254 g/mol. The molecular formula is C15H25N3O2. The van der Waals surface area contributed by atoms with Crippen molar-refractivity contribution >= 4 is 11.8 Å². The Bertz CT molecular complexity index is 368. The second-order valence-electron chi connectivity index (χ2n) is 5.26. The number of likely N-dealkylation sites (tertiary alicyclic amines) is 1. The highest BCUT2D eigenvalue weighted by Crippen LogP contribution is 2.18. The number of rotatable bonds is 6. The van der Waals surface area contributed by atoms with E-state index >= 15 is 0 Å². The summed E-state index contributed by atoms with van der Waals surface area (Å²) in [4.78, 5) is 25.6. The molecule has 112 valence electrons. The predicted octanol–water partition coefficient (Wildman–Crippen LogP) is 0.492. The van der Waals surface area contributed by atoms with Crippen LogP contribution in [0.15, 0.2) is 0 Å². The number of unbranched alkanes of at least 4 members (excludes halogenated alkanes) is 1. The van der Waals surface area contributed by atoms with E-state index in [0.29, 0.717) is 25.9 Å². The molecule has 20 heavy (non-hydrogen) atoms. The van der Waals surface area contributed by atoms with E-state index in [1.54, 1.807) is 4.90 Å². The van der Waals surface area contributed by atoms with Crippen molar-refractivity contribution in [2.75, 3.05) is 19.6 Å². The Morgan fingerprint density at radius 3 is 2.65 bits per heavy atom. The third-order valence-corrected chi connectivity index (χ3v) is 3.66. The van der Waals surface area contributed by atoms with Gasteiger partial charge in [-0.3, -0.25) is 9.59 Å². The van der Waals surface area contributed by atoms with Gasteiger partial charge >= 0.3 is 0 Å². The van der Waals surface area contributed by atoms with Crippen LogP contribution in [0, 0.1) is 18.3 Å². The van der Waals surface area contributed by atoms with Gasteiger partial charge in [-0.05, 0) is 19.3 Å². The smallest absolute Gasteiger partial charge is 0.240 e. The molecule has 2 amide bonds. The summed E-state index contributed by atoms with van der Waals surface area (Å²) in [7, 11) is 0. The van der Waals surface area contributed by atoms with Crippen molar-refractivity contribution < 1.29 is 9.59 Å². The molecule has 5 nitrogen and oxygen atoms in total. The van der Waals surface area contributed by atoms with Crippen molar-refractivity contribution in [3.8, 4) is 12.3 Å². The second-order valence-corrected chi connectivity index (χ2v) is 5.26. The summed E-state index contributed by atoms with van der Waals surface area (Å²) in [6, 6.07) is -0.616. The molecule has 1 aliphatic rings. The van der Waals surface area contributed by atoms with Gasteiger partial charge in [-0.1, -0.05) is 13.3 Å². The van der Waals surface area contributed by atoms with Crippen LogP contribution in [0.4, 0.5) is 0 Å². The quantitative estimate of drug-likeness (QED) is 0.549. The summed E-state index contributed by atoms with van der Waals surface area (Å²) in [5.74, 6) is 2.43. The maximum Gasteiger partial charge on any atom is 0.240 e. The maximum atomic E-state index is 12.0. The first-order valence-corrected chi connectivity index (χ1v) is 7.35. The molecule has 0 aromatic carbocycles. The van der Waals surface area contributed by atoms with Gasteiger partial charge < -0.3 is 16.0 Å². The fraction of sp³-hybridized carbons (Fsp3) is 0.733. The average molecular weight is 279 g/mol. The summed E-state index contributed by atoms with van der Waals surface area (Å²) in [5, 5.41) is 2.95. The molecule has 0 aliphatic carbocycles. The molecule has 1 heterocycles. The molecule has 0 radical (unpaired) electrons. The molecule has 1 unspecified atom stereocenters. The summed E-state index contributed by atoms with van der Waals surface area (Å²) in [6.07, 6.45) is 8.90. The number of piperidine rings is 1. The topological polar surface area (TPSA) is 75.4 Å². The van der Waals surface area contributed by atoms with Gasteiger partial charge in [0.2, 0.25) is 11.8 Å². The molecule has 1 aliphatic heterocycles. The molecule has 0 spiro atoms. The monoisotopic (exact) mass is 279 g/mol. The number of carbonyl (C=O) groups excluding carboxylic acids is 2. The lowest BCUT2D eigenvalue weighted by atomic mass is 9.95. The summed E-state index contributed by atoms with van der Waals surface area (Å²) in [6.45, 7) is 4.00. The Labute approximate surface area is 121 Å². The van der Waals surface area contributed by atoms with Gasteiger partial charge in [0.1, 0.15) is 0 Å². The third-order valence-electron chi connectivity index (χ3n) is 3.66. The molecule has 1 rings (SSSR count). The Morgan fingerprint density at radius 1 is 1.45 bits per heavy atom. The van der Waals surface area contributed by atoms with Crippen LogP contribution in [0.1, 0.15) is 39.0 Å². The van der Waals surface area contributed by atoms with E-state index < -0.39 is 6.04 Å². The number of carbonyl (C=O) groups is 2. The minimum atomic E-state index is -0.616. The van der Waals surface area contributed by atoms with Crippen molar-refractivity contribution in [1.82, 2.24) is 10.2 Å². The van der Waals surface area contributed by atoms with Crippen LogP contribution >= 0.6 is 0 Å². The van der Waals surface area contributed by atoms with Gasteiger partial charge in [0.05, 0.1) is 6.04 Å². The normalized spacial score (nSPS) is 17.4. The summed E-state index contributed by atoms with van der Waals surface area (Å²) in [5.41, 5.74) is 5.72. The van der Waals surface area contributed by atoms with Crippen molar-refractivity contribution in [3.63, 3.8) is 0 Å². The van der Waals surface area contributed by atoms with Crippen LogP contribution in [0.25, 0.3) is 0 Å². The highest BCUT2D eigenvalue weighted by molar-refractivity contribution is 5.83. The number of nitrogens with zero attached hydrogens (tertiary/aromatic N) is 1. The van der Waals surface area contributed by atoms with E-state index in [-0.39, 0.29) is 24.2 Å². The molecule has 1 atom stereocenters. The van der Waals surface area contributed by atoms with Gasteiger partial charge in [-0.15, -0.1) is 12.3 Å². The standard InChI is InChI=1S/C15H25N3O2/c1-3-5-9-17-14(19)12-7-10-18(11-8-12)15(20)13(16)6-4-2/h2,12-13H,3,5-11,16H2,1H3,(H,17,19). The molecule has 3 N–H and O–H groups in total. The minimum Gasteiger partial charge on any atom is -0.356 e. The van der Waals surface area contributed by atoms with Gasteiger partial charge in [0.15, 0.2) is 0 Å². The Balaban J connectivity index is 2.34. The Hall–Kier alpha value is -1.54. The van der Waals surface area contributed by atoms with Crippen molar-refractivity contribution in [2.45, 2.75) is 45.1 Å². The lowest BCUT2D eigenvalue weighted by Gasteiger charge is -2.32. The van der Waals surface area contributed by atoms with Gasteiger partial charge in [-0.2, -0.15) is 0 Å². The Morgan fingerprint density at radius 2 is 2.10 bits per heavy atom.